The third-order valence-corrected chi connectivity index (χ3v) is 6.02. The molecule has 1 aliphatic carbocycles. The third kappa shape index (κ3) is 5.07. The molecule has 1 atom stereocenters. The zero-order chi connectivity index (χ0) is 22.7. The van der Waals surface area contributed by atoms with Gasteiger partial charge in [0.1, 0.15) is 0 Å². The van der Waals surface area contributed by atoms with Gasteiger partial charge in [0.15, 0.2) is 0 Å². The highest BCUT2D eigenvalue weighted by Crippen LogP contribution is 2.31. The maximum absolute atomic E-state index is 13.3. The molecule has 1 amide bonds. The summed E-state index contributed by atoms with van der Waals surface area (Å²) in [4.78, 5) is 39.0. The number of hydrogen-bond donors (Lipinski definition) is 1. The standard InChI is InChI=1S/C24H27N3O5/c1-16-11-13-26(14-12-16)21-10-9-19(27(30)31)15-20(21)24(29)32-22(17-5-3-2-4-6-17)23(28)25-18-7-8-18/h2-6,9-10,15-16,18,22H,7-8,11-14H2,1H3,(H,25,28). The molecular weight excluding hydrogens is 410 g/mol. The molecular formula is C24H27N3O5. The fourth-order valence-corrected chi connectivity index (χ4v) is 3.90. The van der Waals surface area contributed by atoms with Gasteiger partial charge in [0.2, 0.25) is 6.10 Å². The predicted octanol–water partition coefficient (Wildman–Crippen LogP) is 4.01. The number of amides is 1. The minimum atomic E-state index is -1.13. The molecule has 168 valence electrons. The summed E-state index contributed by atoms with van der Waals surface area (Å²) < 4.78 is 5.70. The number of non-ortho nitro benzene ring substituents is 1. The number of carbonyl (C=O) groups is 2. The van der Waals surface area contributed by atoms with Crippen LogP contribution in [0.4, 0.5) is 11.4 Å². The molecule has 0 spiro atoms. The summed E-state index contributed by atoms with van der Waals surface area (Å²) >= 11 is 0. The van der Waals surface area contributed by atoms with E-state index >= 15 is 0 Å². The Hall–Kier alpha value is -3.42. The van der Waals surface area contributed by atoms with Crippen LogP contribution in [-0.2, 0) is 9.53 Å². The molecule has 2 fully saturated rings. The van der Waals surface area contributed by atoms with Crippen molar-refractivity contribution in [2.24, 2.45) is 5.92 Å². The monoisotopic (exact) mass is 437 g/mol. The quantitative estimate of drug-likeness (QED) is 0.399. The number of carbonyl (C=O) groups excluding carboxylic acids is 2. The van der Waals surface area contributed by atoms with Crippen LogP contribution in [0.15, 0.2) is 48.5 Å². The number of ether oxygens (including phenoxy) is 1. The first-order chi connectivity index (χ1) is 15.4. The van der Waals surface area contributed by atoms with Crippen LogP contribution in [0.5, 0.6) is 0 Å². The molecule has 0 aromatic heterocycles. The fourth-order valence-electron chi connectivity index (χ4n) is 3.90. The van der Waals surface area contributed by atoms with Crippen LogP contribution in [0.1, 0.15) is 54.6 Å². The SMILES string of the molecule is CC1CCN(c2ccc([N+](=O)[O-])cc2C(=O)OC(C(=O)NC2CC2)c2ccccc2)CC1. The van der Waals surface area contributed by atoms with Crippen LogP contribution in [0.2, 0.25) is 0 Å². The van der Waals surface area contributed by atoms with Crippen molar-refractivity contribution in [3.05, 3.63) is 69.8 Å². The number of esters is 1. The van der Waals surface area contributed by atoms with Crippen molar-refractivity contribution in [3.8, 4) is 0 Å². The molecule has 1 aliphatic heterocycles. The number of hydrogen-bond acceptors (Lipinski definition) is 6. The van der Waals surface area contributed by atoms with E-state index in [1.54, 1.807) is 30.3 Å². The average molecular weight is 437 g/mol. The molecule has 0 bridgehead atoms. The highest BCUT2D eigenvalue weighted by molar-refractivity contribution is 5.98. The number of nitro groups is 1. The van der Waals surface area contributed by atoms with Gasteiger partial charge < -0.3 is 15.0 Å². The van der Waals surface area contributed by atoms with Gasteiger partial charge in [0, 0.05) is 36.8 Å². The fraction of sp³-hybridized carbons (Fsp3) is 0.417. The van der Waals surface area contributed by atoms with Gasteiger partial charge in [0.05, 0.1) is 16.2 Å². The van der Waals surface area contributed by atoms with E-state index < -0.39 is 17.0 Å². The number of nitrogens with one attached hydrogen (secondary N) is 1. The van der Waals surface area contributed by atoms with Gasteiger partial charge in [-0.25, -0.2) is 4.79 Å². The lowest BCUT2D eigenvalue weighted by molar-refractivity contribution is -0.384. The second-order valence-corrected chi connectivity index (χ2v) is 8.61. The van der Waals surface area contributed by atoms with Crippen molar-refractivity contribution in [1.29, 1.82) is 0 Å². The smallest absolute Gasteiger partial charge is 0.341 e. The van der Waals surface area contributed by atoms with E-state index in [2.05, 4.69) is 17.1 Å². The molecule has 32 heavy (non-hydrogen) atoms. The summed E-state index contributed by atoms with van der Waals surface area (Å²) in [6, 6.07) is 13.2. The molecule has 4 rings (SSSR count). The number of nitro benzene ring substituents is 1. The van der Waals surface area contributed by atoms with Crippen LogP contribution >= 0.6 is 0 Å². The Labute approximate surface area is 186 Å². The Kier molecular flexibility index (Phi) is 6.39. The first kappa shape index (κ1) is 21.8. The summed E-state index contributed by atoms with van der Waals surface area (Å²) in [5.74, 6) is -0.541. The van der Waals surface area contributed by atoms with Gasteiger partial charge in [-0.2, -0.15) is 0 Å². The van der Waals surface area contributed by atoms with Crippen molar-refractivity contribution < 1.29 is 19.2 Å². The normalized spacial score (nSPS) is 17.5. The average Bonchev–Trinajstić information content (AvgIpc) is 3.62. The van der Waals surface area contributed by atoms with Gasteiger partial charge in [-0.15, -0.1) is 0 Å². The first-order valence-corrected chi connectivity index (χ1v) is 11.0. The maximum atomic E-state index is 13.3. The molecule has 1 N–H and O–H groups in total. The number of rotatable bonds is 7. The van der Waals surface area contributed by atoms with Gasteiger partial charge >= 0.3 is 5.97 Å². The van der Waals surface area contributed by atoms with Gasteiger partial charge in [-0.3, -0.25) is 14.9 Å². The third-order valence-electron chi connectivity index (χ3n) is 6.02. The molecule has 0 radical (unpaired) electrons. The zero-order valence-electron chi connectivity index (χ0n) is 18.0. The minimum absolute atomic E-state index is 0.105. The van der Waals surface area contributed by atoms with E-state index in [0.717, 1.165) is 38.8 Å². The van der Waals surface area contributed by atoms with E-state index in [0.29, 0.717) is 17.2 Å². The minimum Gasteiger partial charge on any atom is -0.444 e. The van der Waals surface area contributed by atoms with E-state index in [1.165, 1.54) is 12.1 Å². The Morgan fingerprint density at radius 2 is 1.78 bits per heavy atom. The second-order valence-electron chi connectivity index (χ2n) is 8.61. The molecule has 1 saturated carbocycles. The second kappa shape index (κ2) is 9.38. The number of nitrogens with zero attached hydrogens (tertiary/aromatic N) is 2. The maximum Gasteiger partial charge on any atom is 0.341 e. The molecule has 1 heterocycles. The van der Waals surface area contributed by atoms with E-state index in [9.17, 15) is 19.7 Å². The van der Waals surface area contributed by atoms with E-state index in [1.807, 2.05) is 6.07 Å². The molecule has 8 nitrogen and oxygen atoms in total. The number of piperidine rings is 1. The first-order valence-electron chi connectivity index (χ1n) is 11.0. The molecule has 2 aromatic rings. The Balaban J connectivity index is 1.64. The van der Waals surface area contributed by atoms with Crippen LogP contribution in [0, 0.1) is 16.0 Å². The van der Waals surface area contributed by atoms with Crippen LogP contribution < -0.4 is 10.2 Å². The lowest BCUT2D eigenvalue weighted by Gasteiger charge is -2.33. The van der Waals surface area contributed by atoms with E-state index in [4.69, 9.17) is 4.74 Å². The number of anilines is 1. The van der Waals surface area contributed by atoms with Crippen molar-refractivity contribution in [1.82, 2.24) is 5.32 Å². The topological polar surface area (TPSA) is 102 Å². The van der Waals surface area contributed by atoms with Crippen molar-refractivity contribution >= 4 is 23.3 Å². The lowest BCUT2D eigenvalue weighted by Crippen LogP contribution is -2.35. The highest BCUT2D eigenvalue weighted by Gasteiger charge is 2.32. The number of benzene rings is 2. The predicted molar refractivity (Wildman–Crippen MR) is 119 cm³/mol. The van der Waals surface area contributed by atoms with Crippen molar-refractivity contribution in [2.45, 2.75) is 44.8 Å². The molecule has 1 unspecified atom stereocenters. The summed E-state index contributed by atoms with van der Waals surface area (Å²) in [6.07, 6.45) is 2.63. The molecule has 1 saturated heterocycles. The Morgan fingerprint density at radius 1 is 1.09 bits per heavy atom. The Morgan fingerprint density at radius 3 is 2.41 bits per heavy atom. The van der Waals surface area contributed by atoms with Crippen LogP contribution in [0.3, 0.4) is 0 Å². The van der Waals surface area contributed by atoms with Gasteiger partial charge in [0.25, 0.3) is 11.6 Å². The van der Waals surface area contributed by atoms with Gasteiger partial charge in [-0.1, -0.05) is 37.3 Å². The van der Waals surface area contributed by atoms with Crippen LogP contribution in [-0.4, -0.2) is 35.9 Å². The summed E-state index contributed by atoms with van der Waals surface area (Å²) in [7, 11) is 0. The molecule has 2 aliphatic rings. The molecule has 8 heteroatoms. The van der Waals surface area contributed by atoms with Crippen molar-refractivity contribution in [3.63, 3.8) is 0 Å². The summed E-state index contributed by atoms with van der Waals surface area (Å²) in [6.45, 7) is 3.69. The molecule has 2 aromatic carbocycles. The lowest BCUT2D eigenvalue weighted by atomic mass is 9.98. The zero-order valence-corrected chi connectivity index (χ0v) is 18.0. The van der Waals surface area contributed by atoms with Crippen LogP contribution in [0.25, 0.3) is 0 Å². The summed E-state index contributed by atoms with van der Waals surface area (Å²) in [5, 5.41) is 14.2. The highest BCUT2D eigenvalue weighted by atomic mass is 16.6. The van der Waals surface area contributed by atoms with Crippen molar-refractivity contribution in [2.75, 3.05) is 18.0 Å². The summed E-state index contributed by atoms with van der Waals surface area (Å²) in [5.41, 5.74) is 1.07. The largest absolute Gasteiger partial charge is 0.444 e. The Bertz CT molecular complexity index is 998. The van der Waals surface area contributed by atoms with Gasteiger partial charge in [-0.05, 0) is 37.7 Å². The van der Waals surface area contributed by atoms with E-state index in [-0.39, 0.29) is 23.2 Å².